The molecule has 0 aromatic heterocycles. The first kappa shape index (κ1) is 12.4. The monoisotopic (exact) mass is 232 g/mol. The van der Waals surface area contributed by atoms with Crippen molar-refractivity contribution in [2.24, 2.45) is 0 Å². The van der Waals surface area contributed by atoms with Crippen LogP contribution in [0.15, 0.2) is 24.3 Å². The normalized spacial score (nSPS) is 25.1. The van der Waals surface area contributed by atoms with Gasteiger partial charge in [-0.2, -0.15) is 0 Å². The molecule has 0 aliphatic carbocycles. The maximum absolute atomic E-state index is 3.63. The van der Waals surface area contributed by atoms with Gasteiger partial charge in [0.25, 0.3) is 0 Å². The summed E-state index contributed by atoms with van der Waals surface area (Å²) in [6.07, 6.45) is 3.65. The second kappa shape index (κ2) is 5.54. The number of likely N-dealkylation sites (N-methyl/N-ethyl adjacent to an activating group) is 1. The molecule has 1 fully saturated rings. The highest BCUT2D eigenvalue weighted by Gasteiger charge is 2.25. The molecule has 0 radical (unpaired) electrons. The molecule has 0 saturated carbocycles. The Morgan fingerprint density at radius 1 is 1.29 bits per heavy atom. The Labute approximate surface area is 105 Å². The van der Waals surface area contributed by atoms with Crippen LogP contribution in [0, 0.1) is 0 Å². The fraction of sp³-hybridized carbons (Fsp3) is 0.600. The number of aryl methyl sites for hydroxylation is 1. The van der Waals surface area contributed by atoms with Crippen molar-refractivity contribution >= 4 is 5.69 Å². The van der Waals surface area contributed by atoms with Crippen LogP contribution < -0.4 is 5.32 Å². The summed E-state index contributed by atoms with van der Waals surface area (Å²) in [5.74, 6) is 0. The third kappa shape index (κ3) is 3.22. The first-order chi connectivity index (χ1) is 8.19. The molecule has 1 aliphatic heterocycles. The zero-order chi connectivity index (χ0) is 12.3. The van der Waals surface area contributed by atoms with E-state index in [2.05, 4.69) is 55.4 Å². The van der Waals surface area contributed by atoms with Gasteiger partial charge in [-0.15, -0.1) is 0 Å². The van der Waals surface area contributed by atoms with Crippen molar-refractivity contribution in [1.82, 2.24) is 4.90 Å². The average molecular weight is 232 g/mol. The lowest BCUT2D eigenvalue weighted by Crippen LogP contribution is -2.24. The highest BCUT2D eigenvalue weighted by atomic mass is 15.2. The van der Waals surface area contributed by atoms with Gasteiger partial charge < -0.3 is 10.2 Å². The first-order valence-electron chi connectivity index (χ1n) is 6.74. The van der Waals surface area contributed by atoms with Gasteiger partial charge in [0.05, 0.1) is 0 Å². The Morgan fingerprint density at radius 2 is 2.00 bits per heavy atom. The zero-order valence-corrected chi connectivity index (χ0v) is 11.2. The van der Waals surface area contributed by atoms with Crippen LogP contribution in [0.3, 0.4) is 0 Å². The molecule has 94 valence electrons. The quantitative estimate of drug-likeness (QED) is 0.858. The molecule has 2 unspecified atom stereocenters. The molecule has 2 rings (SSSR count). The Morgan fingerprint density at radius 3 is 2.53 bits per heavy atom. The van der Waals surface area contributed by atoms with Gasteiger partial charge in [-0.3, -0.25) is 0 Å². The number of hydrogen-bond donors (Lipinski definition) is 1. The predicted molar refractivity (Wildman–Crippen MR) is 74.6 cm³/mol. The highest BCUT2D eigenvalue weighted by Crippen LogP contribution is 2.20. The van der Waals surface area contributed by atoms with Crippen molar-refractivity contribution in [2.45, 2.75) is 45.2 Å². The number of anilines is 1. The number of likely N-dealkylation sites (tertiary alicyclic amines) is 1. The van der Waals surface area contributed by atoms with Crippen LogP contribution in [0.1, 0.15) is 32.3 Å². The summed E-state index contributed by atoms with van der Waals surface area (Å²) in [7, 11) is 2.21. The van der Waals surface area contributed by atoms with Crippen LogP contribution in [0.25, 0.3) is 0 Å². The van der Waals surface area contributed by atoms with Crippen LogP contribution in [0.5, 0.6) is 0 Å². The molecule has 1 aromatic rings. The maximum Gasteiger partial charge on any atom is 0.0403 e. The Kier molecular flexibility index (Phi) is 4.06. The van der Waals surface area contributed by atoms with Gasteiger partial charge in [-0.1, -0.05) is 25.5 Å². The second-order valence-electron chi connectivity index (χ2n) is 5.31. The van der Waals surface area contributed by atoms with E-state index in [4.69, 9.17) is 0 Å². The molecular formula is C15H24N2. The first-order valence-corrected chi connectivity index (χ1v) is 6.74. The largest absolute Gasteiger partial charge is 0.381 e. The maximum atomic E-state index is 3.63. The summed E-state index contributed by atoms with van der Waals surface area (Å²) < 4.78 is 0. The molecule has 0 spiro atoms. The minimum absolute atomic E-state index is 0.604. The van der Waals surface area contributed by atoms with Crippen molar-refractivity contribution in [2.75, 3.05) is 18.9 Å². The van der Waals surface area contributed by atoms with Crippen molar-refractivity contribution in [3.05, 3.63) is 29.8 Å². The van der Waals surface area contributed by atoms with Crippen LogP contribution in [-0.4, -0.2) is 30.6 Å². The molecule has 1 saturated heterocycles. The van der Waals surface area contributed by atoms with E-state index in [1.54, 1.807) is 0 Å². The molecule has 17 heavy (non-hydrogen) atoms. The third-order valence-corrected chi connectivity index (χ3v) is 3.75. The van der Waals surface area contributed by atoms with E-state index < -0.39 is 0 Å². The fourth-order valence-corrected chi connectivity index (χ4v) is 2.59. The Balaban J connectivity index is 1.91. The van der Waals surface area contributed by atoms with Gasteiger partial charge >= 0.3 is 0 Å². The standard InChI is InChI=1S/C15H24N2/c1-4-5-13-6-8-14(9-7-13)16-15-10-12(2)17(3)11-15/h6-9,12,15-16H,4-5,10-11H2,1-3H3. The van der Waals surface area contributed by atoms with Gasteiger partial charge in [0.15, 0.2) is 0 Å². The van der Waals surface area contributed by atoms with E-state index in [1.807, 2.05) is 0 Å². The lowest BCUT2D eigenvalue weighted by atomic mass is 10.1. The summed E-state index contributed by atoms with van der Waals surface area (Å²) >= 11 is 0. The summed E-state index contributed by atoms with van der Waals surface area (Å²) in [5.41, 5.74) is 2.70. The van der Waals surface area contributed by atoms with E-state index in [1.165, 1.54) is 30.5 Å². The van der Waals surface area contributed by atoms with Crippen LogP contribution >= 0.6 is 0 Å². The molecule has 2 nitrogen and oxygen atoms in total. The molecule has 0 amide bonds. The van der Waals surface area contributed by atoms with Gasteiger partial charge in [-0.05, 0) is 44.5 Å². The van der Waals surface area contributed by atoms with Crippen LogP contribution in [0.2, 0.25) is 0 Å². The lowest BCUT2D eigenvalue weighted by Gasteiger charge is -2.14. The summed E-state index contributed by atoms with van der Waals surface area (Å²) in [4.78, 5) is 2.42. The van der Waals surface area contributed by atoms with Gasteiger partial charge in [0.1, 0.15) is 0 Å². The van der Waals surface area contributed by atoms with E-state index in [0.717, 1.165) is 6.54 Å². The van der Waals surface area contributed by atoms with Crippen molar-refractivity contribution < 1.29 is 0 Å². The molecule has 1 aromatic carbocycles. The predicted octanol–water partition coefficient (Wildman–Crippen LogP) is 3.14. The minimum atomic E-state index is 0.604. The molecule has 2 atom stereocenters. The zero-order valence-electron chi connectivity index (χ0n) is 11.2. The van der Waals surface area contributed by atoms with Crippen molar-refractivity contribution in [3.8, 4) is 0 Å². The SMILES string of the molecule is CCCc1ccc(NC2CC(C)N(C)C2)cc1. The Hall–Kier alpha value is -1.02. The molecule has 1 heterocycles. The lowest BCUT2D eigenvalue weighted by molar-refractivity contribution is 0.330. The fourth-order valence-electron chi connectivity index (χ4n) is 2.59. The van der Waals surface area contributed by atoms with Crippen LogP contribution in [0.4, 0.5) is 5.69 Å². The minimum Gasteiger partial charge on any atom is -0.381 e. The summed E-state index contributed by atoms with van der Waals surface area (Å²) in [5, 5.41) is 3.63. The topological polar surface area (TPSA) is 15.3 Å². The Bertz CT molecular complexity index is 334. The number of hydrogen-bond acceptors (Lipinski definition) is 2. The molecule has 1 aliphatic rings. The summed E-state index contributed by atoms with van der Waals surface area (Å²) in [6.45, 7) is 5.67. The van der Waals surface area contributed by atoms with Crippen LogP contribution in [-0.2, 0) is 6.42 Å². The van der Waals surface area contributed by atoms with Gasteiger partial charge in [0, 0.05) is 24.3 Å². The van der Waals surface area contributed by atoms with E-state index in [9.17, 15) is 0 Å². The van der Waals surface area contributed by atoms with Gasteiger partial charge in [0.2, 0.25) is 0 Å². The average Bonchev–Trinajstić information content (AvgIpc) is 2.61. The smallest absolute Gasteiger partial charge is 0.0403 e. The molecule has 2 heteroatoms. The number of benzene rings is 1. The van der Waals surface area contributed by atoms with Gasteiger partial charge in [-0.25, -0.2) is 0 Å². The van der Waals surface area contributed by atoms with Crippen molar-refractivity contribution in [3.63, 3.8) is 0 Å². The number of nitrogens with zero attached hydrogens (tertiary/aromatic N) is 1. The molecule has 1 N–H and O–H groups in total. The number of nitrogens with one attached hydrogen (secondary N) is 1. The highest BCUT2D eigenvalue weighted by molar-refractivity contribution is 5.45. The number of rotatable bonds is 4. The third-order valence-electron chi connectivity index (χ3n) is 3.75. The second-order valence-corrected chi connectivity index (χ2v) is 5.31. The van der Waals surface area contributed by atoms with E-state index in [-0.39, 0.29) is 0 Å². The molecular weight excluding hydrogens is 208 g/mol. The van der Waals surface area contributed by atoms with E-state index in [0.29, 0.717) is 12.1 Å². The van der Waals surface area contributed by atoms with Crippen molar-refractivity contribution in [1.29, 1.82) is 0 Å². The molecule has 0 bridgehead atoms. The summed E-state index contributed by atoms with van der Waals surface area (Å²) in [6, 6.07) is 10.2. The van der Waals surface area contributed by atoms with E-state index >= 15 is 0 Å².